The van der Waals surface area contributed by atoms with Gasteiger partial charge in [-0.15, -0.1) is 0 Å². The van der Waals surface area contributed by atoms with Crippen molar-refractivity contribution < 1.29 is 9.66 Å². The molecule has 1 atom stereocenters. The molecule has 0 aliphatic carbocycles. The molecule has 1 aliphatic rings. The van der Waals surface area contributed by atoms with E-state index in [1.165, 1.54) is 6.07 Å². The highest BCUT2D eigenvalue weighted by Gasteiger charge is 2.16. The predicted octanol–water partition coefficient (Wildman–Crippen LogP) is 1.89. The van der Waals surface area contributed by atoms with Gasteiger partial charge in [0.2, 0.25) is 0 Å². The van der Waals surface area contributed by atoms with Crippen molar-refractivity contribution in [1.29, 1.82) is 0 Å². The molecule has 0 unspecified atom stereocenters. The van der Waals surface area contributed by atoms with Crippen LogP contribution in [0.15, 0.2) is 18.2 Å². The summed E-state index contributed by atoms with van der Waals surface area (Å²) in [5.74, 6) is 1.26. The van der Waals surface area contributed by atoms with E-state index in [4.69, 9.17) is 4.74 Å². The van der Waals surface area contributed by atoms with Crippen molar-refractivity contribution in [2.45, 2.75) is 13.3 Å². The van der Waals surface area contributed by atoms with Crippen LogP contribution in [0.3, 0.4) is 0 Å². The summed E-state index contributed by atoms with van der Waals surface area (Å²) in [5.41, 5.74) is 0.775. The average Bonchev–Trinajstić information content (AvgIpc) is 2.78. The molecule has 2 rings (SSSR count). The molecule has 0 bridgehead atoms. The van der Waals surface area contributed by atoms with Gasteiger partial charge in [0.15, 0.2) is 0 Å². The van der Waals surface area contributed by atoms with Crippen LogP contribution >= 0.6 is 0 Å². The highest BCUT2D eigenvalue weighted by Crippen LogP contribution is 2.23. The van der Waals surface area contributed by atoms with Crippen LogP contribution in [0.5, 0.6) is 5.75 Å². The fraction of sp³-hybridized carbons (Fsp3) is 0.500. The highest BCUT2D eigenvalue weighted by atomic mass is 16.6. The third kappa shape index (κ3) is 2.94. The second kappa shape index (κ2) is 5.14. The van der Waals surface area contributed by atoms with Gasteiger partial charge in [-0.2, -0.15) is 0 Å². The Kier molecular flexibility index (Phi) is 3.58. The smallest absolute Gasteiger partial charge is 0.272 e. The normalized spacial score (nSPS) is 19.2. The Morgan fingerprint density at radius 3 is 3.00 bits per heavy atom. The second-order valence-electron chi connectivity index (χ2n) is 4.38. The molecule has 0 aromatic heterocycles. The molecule has 5 nitrogen and oxygen atoms in total. The first kappa shape index (κ1) is 11.9. The molecule has 0 saturated carbocycles. The zero-order chi connectivity index (χ0) is 12.3. The van der Waals surface area contributed by atoms with Crippen LogP contribution in [0, 0.1) is 23.0 Å². The number of aryl methyl sites for hydroxylation is 1. The van der Waals surface area contributed by atoms with Gasteiger partial charge in [-0.3, -0.25) is 10.1 Å². The first-order chi connectivity index (χ1) is 8.16. The first-order valence-corrected chi connectivity index (χ1v) is 5.75. The molecule has 1 aromatic carbocycles. The second-order valence-corrected chi connectivity index (χ2v) is 4.38. The summed E-state index contributed by atoms with van der Waals surface area (Å²) < 4.78 is 5.64. The van der Waals surface area contributed by atoms with Crippen molar-refractivity contribution in [1.82, 2.24) is 5.32 Å². The topological polar surface area (TPSA) is 64.4 Å². The maximum absolute atomic E-state index is 10.7. The summed E-state index contributed by atoms with van der Waals surface area (Å²) in [7, 11) is 0. The highest BCUT2D eigenvalue weighted by molar-refractivity contribution is 5.44. The Balaban J connectivity index is 1.97. The van der Waals surface area contributed by atoms with E-state index in [-0.39, 0.29) is 10.6 Å². The molecule has 0 spiro atoms. The number of nitrogens with zero attached hydrogens (tertiary/aromatic N) is 1. The van der Waals surface area contributed by atoms with E-state index in [2.05, 4.69) is 5.32 Å². The zero-order valence-corrected chi connectivity index (χ0v) is 9.81. The Hall–Kier alpha value is -1.62. The van der Waals surface area contributed by atoms with Crippen LogP contribution < -0.4 is 10.1 Å². The molecular formula is C12H16N2O3. The van der Waals surface area contributed by atoms with Crippen molar-refractivity contribution >= 4 is 5.69 Å². The van der Waals surface area contributed by atoms with Crippen molar-refractivity contribution in [3.05, 3.63) is 33.9 Å². The summed E-state index contributed by atoms with van der Waals surface area (Å²) in [4.78, 5) is 10.3. The van der Waals surface area contributed by atoms with Gasteiger partial charge in [-0.05, 0) is 32.0 Å². The SMILES string of the molecule is Cc1cc(OC[C@H]2CCNC2)ccc1[N+](=O)[O-]. The summed E-state index contributed by atoms with van der Waals surface area (Å²) in [5, 5.41) is 13.9. The van der Waals surface area contributed by atoms with Gasteiger partial charge in [0.25, 0.3) is 5.69 Å². The number of nitro groups is 1. The molecular weight excluding hydrogens is 220 g/mol. The van der Waals surface area contributed by atoms with Crippen LogP contribution in [-0.4, -0.2) is 24.6 Å². The average molecular weight is 236 g/mol. The summed E-state index contributed by atoms with van der Waals surface area (Å²) in [6, 6.07) is 4.88. The lowest BCUT2D eigenvalue weighted by Gasteiger charge is -2.11. The molecule has 92 valence electrons. The molecule has 17 heavy (non-hydrogen) atoms. The standard InChI is InChI=1S/C12H16N2O3/c1-9-6-11(2-3-12(9)14(15)16)17-8-10-4-5-13-7-10/h2-3,6,10,13H,4-5,7-8H2,1H3/t10-/m0/s1. The lowest BCUT2D eigenvalue weighted by molar-refractivity contribution is -0.385. The van der Waals surface area contributed by atoms with Gasteiger partial charge in [0.1, 0.15) is 5.75 Å². The molecule has 0 radical (unpaired) electrons. The molecule has 1 aromatic rings. The van der Waals surface area contributed by atoms with Crippen LogP contribution in [0.2, 0.25) is 0 Å². The molecule has 1 fully saturated rings. The number of hydrogen-bond donors (Lipinski definition) is 1. The molecule has 5 heteroatoms. The van der Waals surface area contributed by atoms with Gasteiger partial charge in [-0.25, -0.2) is 0 Å². The van der Waals surface area contributed by atoms with E-state index >= 15 is 0 Å². The molecule has 0 amide bonds. The van der Waals surface area contributed by atoms with Gasteiger partial charge < -0.3 is 10.1 Å². The van der Waals surface area contributed by atoms with E-state index in [0.29, 0.717) is 23.8 Å². The maximum atomic E-state index is 10.7. The Morgan fingerprint density at radius 2 is 2.41 bits per heavy atom. The zero-order valence-electron chi connectivity index (χ0n) is 9.81. The summed E-state index contributed by atoms with van der Waals surface area (Å²) in [6.07, 6.45) is 1.13. The Morgan fingerprint density at radius 1 is 1.59 bits per heavy atom. The van der Waals surface area contributed by atoms with Gasteiger partial charge >= 0.3 is 0 Å². The third-order valence-corrected chi connectivity index (χ3v) is 3.01. The van der Waals surface area contributed by atoms with Gasteiger partial charge in [0, 0.05) is 24.1 Å². The number of ether oxygens (including phenoxy) is 1. The molecule has 1 aliphatic heterocycles. The minimum Gasteiger partial charge on any atom is -0.493 e. The quantitative estimate of drug-likeness (QED) is 0.640. The van der Waals surface area contributed by atoms with Crippen molar-refractivity contribution in [2.24, 2.45) is 5.92 Å². The van der Waals surface area contributed by atoms with Crippen molar-refractivity contribution in [2.75, 3.05) is 19.7 Å². The summed E-state index contributed by atoms with van der Waals surface area (Å²) in [6.45, 7) is 4.44. The molecule has 1 saturated heterocycles. The Labute approximate surface area is 99.9 Å². The van der Waals surface area contributed by atoms with E-state index in [9.17, 15) is 10.1 Å². The van der Waals surface area contributed by atoms with Gasteiger partial charge in [0.05, 0.1) is 11.5 Å². The van der Waals surface area contributed by atoms with Crippen LogP contribution in [0.25, 0.3) is 0 Å². The lowest BCUT2D eigenvalue weighted by atomic mass is 10.1. The third-order valence-electron chi connectivity index (χ3n) is 3.01. The van der Waals surface area contributed by atoms with E-state index < -0.39 is 0 Å². The van der Waals surface area contributed by atoms with Crippen LogP contribution in [0.1, 0.15) is 12.0 Å². The fourth-order valence-corrected chi connectivity index (χ4v) is 1.99. The number of nitro benzene ring substituents is 1. The largest absolute Gasteiger partial charge is 0.493 e. The number of hydrogen-bond acceptors (Lipinski definition) is 4. The van der Waals surface area contributed by atoms with E-state index in [1.807, 2.05) is 0 Å². The lowest BCUT2D eigenvalue weighted by Crippen LogP contribution is -2.15. The number of nitrogens with one attached hydrogen (secondary N) is 1. The molecule has 1 N–H and O–H groups in total. The minimum atomic E-state index is -0.375. The van der Waals surface area contributed by atoms with E-state index in [0.717, 1.165) is 19.5 Å². The fourth-order valence-electron chi connectivity index (χ4n) is 1.99. The predicted molar refractivity (Wildman–Crippen MR) is 64.3 cm³/mol. The molecule has 1 heterocycles. The monoisotopic (exact) mass is 236 g/mol. The number of rotatable bonds is 4. The summed E-state index contributed by atoms with van der Waals surface area (Å²) >= 11 is 0. The minimum absolute atomic E-state index is 0.139. The van der Waals surface area contributed by atoms with E-state index in [1.54, 1.807) is 19.1 Å². The van der Waals surface area contributed by atoms with Crippen molar-refractivity contribution in [3.8, 4) is 5.75 Å². The Bertz CT molecular complexity index is 414. The number of benzene rings is 1. The van der Waals surface area contributed by atoms with Gasteiger partial charge in [-0.1, -0.05) is 0 Å². The maximum Gasteiger partial charge on any atom is 0.272 e. The van der Waals surface area contributed by atoms with Crippen molar-refractivity contribution in [3.63, 3.8) is 0 Å². The van der Waals surface area contributed by atoms with Crippen LogP contribution in [-0.2, 0) is 0 Å². The first-order valence-electron chi connectivity index (χ1n) is 5.75. The van der Waals surface area contributed by atoms with Crippen LogP contribution in [0.4, 0.5) is 5.69 Å².